The van der Waals surface area contributed by atoms with Gasteiger partial charge in [-0.3, -0.25) is 4.79 Å². The standard InChI is InChI=1S/C25H15ClN2O2/c26-23-14-24(19-6-4-5-17(13-19)15-27)28-25(22(23)16-29)18-9-11-21(12-10-18)30-20-7-2-1-3-8-20/h1-14,16H. The van der Waals surface area contributed by atoms with Crippen LogP contribution in [0.1, 0.15) is 15.9 Å². The van der Waals surface area contributed by atoms with Crippen LogP contribution in [0.3, 0.4) is 0 Å². The van der Waals surface area contributed by atoms with Gasteiger partial charge in [0.2, 0.25) is 0 Å². The van der Waals surface area contributed by atoms with Crippen molar-refractivity contribution in [2.24, 2.45) is 0 Å². The molecule has 0 saturated carbocycles. The lowest BCUT2D eigenvalue weighted by Crippen LogP contribution is -1.97. The van der Waals surface area contributed by atoms with Crippen LogP contribution in [0.25, 0.3) is 22.5 Å². The number of hydrogen-bond acceptors (Lipinski definition) is 4. The van der Waals surface area contributed by atoms with Crippen molar-refractivity contribution in [3.05, 3.63) is 101 Å². The second-order valence-electron chi connectivity index (χ2n) is 6.50. The van der Waals surface area contributed by atoms with Gasteiger partial charge in [-0.25, -0.2) is 4.98 Å². The highest BCUT2D eigenvalue weighted by Gasteiger charge is 2.14. The third-order valence-electron chi connectivity index (χ3n) is 4.52. The average molecular weight is 411 g/mol. The number of nitriles is 1. The minimum Gasteiger partial charge on any atom is -0.457 e. The van der Waals surface area contributed by atoms with E-state index in [9.17, 15) is 4.79 Å². The van der Waals surface area contributed by atoms with Crippen LogP contribution in [-0.2, 0) is 0 Å². The molecule has 1 heterocycles. The van der Waals surface area contributed by atoms with E-state index in [0.29, 0.717) is 39.6 Å². The lowest BCUT2D eigenvalue weighted by atomic mass is 10.0. The first-order chi connectivity index (χ1) is 14.7. The van der Waals surface area contributed by atoms with Crippen LogP contribution in [0.2, 0.25) is 5.02 Å². The Hall–Kier alpha value is -3.94. The minimum atomic E-state index is 0.303. The highest BCUT2D eigenvalue weighted by Crippen LogP contribution is 2.32. The summed E-state index contributed by atoms with van der Waals surface area (Å²) in [5.74, 6) is 1.40. The number of halogens is 1. The van der Waals surface area contributed by atoms with E-state index >= 15 is 0 Å². The van der Waals surface area contributed by atoms with Gasteiger partial charge in [0.05, 0.1) is 33.6 Å². The predicted molar refractivity (Wildman–Crippen MR) is 117 cm³/mol. The van der Waals surface area contributed by atoms with E-state index < -0.39 is 0 Å². The summed E-state index contributed by atoms with van der Waals surface area (Å²) in [5, 5.41) is 9.46. The molecule has 0 atom stereocenters. The zero-order valence-corrected chi connectivity index (χ0v) is 16.5. The van der Waals surface area contributed by atoms with Gasteiger partial charge in [0, 0.05) is 11.1 Å². The molecule has 30 heavy (non-hydrogen) atoms. The highest BCUT2D eigenvalue weighted by atomic mass is 35.5. The molecule has 4 nitrogen and oxygen atoms in total. The first kappa shape index (κ1) is 19.4. The first-order valence-corrected chi connectivity index (χ1v) is 9.55. The summed E-state index contributed by atoms with van der Waals surface area (Å²) in [7, 11) is 0. The van der Waals surface area contributed by atoms with E-state index in [0.717, 1.165) is 16.9 Å². The number of aromatic nitrogens is 1. The maximum absolute atomic E-state index is 11.7. The van der Waals surface area contributed by atoms with E-state index in [1.165, 1.54) is 0 Å². The van der Waals surface area contributed by atoms with Crippen molar-refractivity contribution in [1.82, 2.24) is 4.98 Å². The fraction of sp³-hybridized carbons (Fsp3) is 0. The van der Waals surface area contributed by atoms with Gasteiger partial charge in [-0.2, -0.15) is 5.26 Å². The molecule has 4 rings (SSSR count). The van der Waals surface area contributed by atoms with Gasteiger partial charge >= 0.3 is 0 Å². The summed E-state index contributed by atoms with van der Waals surface area (Å²) in [4.78, 5) is 16.4. The Morgan fingerprint density at radius 3 is 2.30 bits per heavy atom. The van der Waals surface area contributed by atoms with E-state index in [-0.39, 0.29) is 0 Å². The topological polar surface area (TPSA) is 63.0 Å². The average Bonchev–Trinajstić information content (AvgIpc) is 2.80. The van der Waals surface area contributed by atoms with E-state index in [1.807, 2.05) is 60.7 Å². The van der Waals surface area contributed by atoms with Crippen molar-refractivity contribution in [2.45, 2.75) is 0 Å². The van der Waals surface area contributed by atoms with Crippen LogP contribution in [0.5, 0.6) is 11.5 Å². The number of carbonyl (C=O) groups is 1. The molecule has 0 fully saturated rings. The Labute approximate surface area is 179 Å². The second-order valence-corrected chi connectivity index (χ2v) is 6.91. The normalized spacial score (nSPS) is 10.3. The lowest BCUT2D eigenvalue weighted by molar-refractivity contribution is 0.112. The molecule has 1 aromatic heterocycles. The van der Waals surface area contributed by atoms with Crippen LogP contribution in [0, 0.1) is 11.3 Å². The highest BCUT2D eigenvalue weighted by molar-refractivity contribution is 6.33. The van der Waals surface area contributed by atoms with E-state index in [1.54, 1.807) is 24.3 Å². The van der Waals surface area contributed by atoms with Crippen molar-refractivity contribution >= 4 is 17.9 Å². The number of ether oxygens (including phenoxy) is 1. The Morgan fingerprint density at radius 2 is 1.60 bits per heavy atom. The number of hydrogen-bond donors (Lipinski definition) is 0. The smallest absolute Gasteiger partial charge is 0.153 e. The van der Waals surface area contributed by atoms with Crippen molar-refractivity contribution in [1.29, 1.82) is 5.26 Å². The maximum Gasteiger partial charge on any atom is 0.153 e. The number of para-hydroxylation sites is 1. The third kappa shape index (κ3) is 4.07. The zero-order valence-electron chi connectivity index (χ0n) is 15.7. The Kier molecular flexibility index (Phi) is 5.56. The second kappa shape index (κ2) is 8.60. The molecular formula is C25H15ClN2O2. The molecule has 0 bridgehead atoms. The summed E-state index contributed by atoms with van der Waals surface area (Å²) in [6, 6.07) is 27.6. The van der Waals surface area contributed by atoms with Gasteiger partial charge in [0.1, 0.15) is 11.5 Å². The van der Waals surface area contributed by atoms with Gasteiger partial charge < -0.3 is 4.74 Å². The van der Waals surface area contributed by atoms with Crippen LogP contribution in [-0.4, -0.2) is 11.3 Å². The molecule has 3 aromatic carbocycles. The van der Waals surface area contributed by atoms with Crippen LogP contribution in [0.15, 0.2) is 84.9 Å². The quantitative estimate of drug-likeness (QED) is 0.350. The monoisotopic (exact) mass is 410 g/mol. The molecular weight excluding hydrogens is 396 g/mol. The van der Waals surface area contributed by atoms with Crippen molar-refractivity contribution < 1.29 is 9.53 Å². The van der Waals surface area contributed by atoms with Crippen molar-refractivity contribution in [2.75, 3.05) is 0 Å². The summed E-state index contributed by atoms with van der Waals surface area (Å²) >= 11 is 6.39. The summed E-state index contributed by atoms with van der Waals surface area (Å²) in [6.07, 6.45) is 0.703. The number of nitrogens with zero attached hydrogens (tertiary/aromatic N) is 2. The number of pyridine rings is 1. The number of benzene rings is 3. The largest absolute Gasteiger partial charge is 0.457 e. The summed E-state index contributed by atoms with van der Waals surface area (Å²) in [5.41, 5.74) is 3.38. The van der Waals surface area contributed by atoms with Crippen molar-refractivity contribution in [3.63, 3.8) is 0 Å². The van der Waals surface area contributed by atoms with Gasteiger partial charge in [-0.1, -0.05) is 41.9 Å². The van der Waals surface area contributed by atoms with Gasteiger partial charge in [0.15, 0.2) is 6.29 Å². The SMILES string of the molecule is N#Cc1cccc(-c2cc(Cl)c(C=O)c(-c3ccc(Oc4ccccc4)cc3)n2)c1. The fourth-order valence-electron chi connectivity index (χ4n) is 3.06. The first-order valence-electron chi connectivity index (χ1n) is 9.17. The van der Waals surface area contributed by atoms with Crippen LogP contribution in [0.4, 0.5) is 0 Å². The molecule has 0 aliphatic carbocycles. The van der Waals surface area contributed by atoms with Crippen molar-refractivity contribution in [3.8, 4) is 40.1 Å². The summed E-state index contributed by atoms with van der Waals surface area (Å²) < 4.78 is 5.82. The Morgan fingerprint density at radius 1 is 0.867 bits per heavy atom. The molecule has 0 aliphatic rings. The fourth-order valence-corrected chi connectivity index (χ4v) is 3.29. The van der Waals surface area contributed by atoms with Crippen LogP contribution >= 0.6 is 11.6 Å². The number of carbonyl (C=O) groups excluding carboxylic acids is 1. The Balaban J connectivity index is 1.73. The number of aldehydes is 1. The van der Waals surface area contributed by atoms with Gasteiger partial charge in [-0.15, -0.1) is 0 Å². The Bertz CT molecular complexity index is 1250. The predicted octanol–water partition coefficient (Wildman–Crippen LogP) is 6.55. The molecule has 144 valence electrons. The zero-order chi connectivity index (χ0) is 20.9. The molecule has 0 N–H and O–H groups in total. The van der Waals surface area contributed by atoms with Gasteiger partial charge in [-0.05, 0) is 54.6 Å². The molecule has 0 spiro atoms. The molecule has 0 unspecified atom stereocenters. The minimum absolute atomic E-state index is 0.303. The van der Waals surface area contributed by atoms with Crippen LogP contribution < -0.4 is 4.74 Å². The van der Waals surface area contributed by atoms with E-state index in [2.05, 4.69) is 11.1 Å². The molecule has 0 amide bonds. The summed E-state index contributed by atoms with van der Waals surface area (Å²) in [6.45, 7) is 0. The number of rotatable bonds is 5. The van der Waals surface area contributed by atoms with Gasteiger partial charge in [0.25, 0.3) is 0 Å². The lowest BCUT2D eigenvalue weighted by Gasteiger charge is -2.11. The molecule has 0 aliphatic heterocycles. The maximum atomic E-state index is 11.7. The molecule has 5 heteroatoms. The molecule has 0 saturated heterocycles. The molecule has 4 aromatic rings. The third-order valence-corrected chi connectivity index (χ3v) is 4.83. The molecule has 0 radical (unpaired) electrons. The van der Waals surface area contributed by atoms with E-state index in [4.69, 9.17) is 21.6 Å².